The molecule has 0 radical (unpaired) electrons. The third kappa shape index (κ3) is 6.08. The average Bonchev–Trinajstić information content (AvgIpc) is 2.84. The molecule has 0 heterocycles. The first-order chi connectivity index (χ1) is 15.9. The number of halogens is 2. The molecule has 3 rings (SSSR count). The SMILES string of the molecule is CCCCOc1ccc(OC(=O)C2CCC(C3(C(C)CCC)CCCCC3)CC2)c(F)c1F. The number of hydrogen-bond donors (Lipinski definition) is 0. The third-order valence-electron chi connectivity index (χ3n) is 8.34. The van der Waals surface area contributed by atoms with E-state index < -0.39 is 17.6 Å². The van der Waals surface area contributed by atoms with Gasteiger partial charge in [-0.05, 0) is 74.3 Å². The molecule has 2 aliphatic carbocycles. The van der Waals surface area contributed by atoms with Crippen molar-refractivity contribution in [2.45, 2.75) is 104 Å². The van der Waals surface area contributed by atoms with E-state index in [0.29, 0.717) is 23.9 Å². The summed E-state index contributed by atoms with van der Waals surface area (Å²) >= 11 is 0. The Hall–Kier alpha value is -1.65. The van der Waals surface area contributed by atoms with Crippen LogP contribution in [0.15, 0.2) is 12.1 Å². The molecule has 0 saturated heterocycles. The van der Waals surface area contributed by atoms with Crippen molar-refractivity contribution >= 4 is 5.97 Å². The van der Waals surface area contributed by atoms with E-state index >= 15 is 0 Å². The molecule has 33 heavy (non-hydrogen) atoms. The zero-order valence-corrected chi connectivity index (χ0v) is 20.8. The molecular weight excluding hydrogens is 422 g/mol. The number of ether oxygens (including phenoxy) is 2. The number of benzene rings is 1. The summed E-state index contributed by atoms with van der Waals surface area (Å²) in [7, 11) is 0. The first-order valence-corrected chi connectivity index (χ1v) is 13.2. The van der Waals surface area contributed by atoms with Crippen molar-refractivity contribution < 1.29 is 23.0 Å². The average molecular weight is 465 g/mol. The maximum absolute atomic E-state index is 14.5. The van der Waals surface area contributed by atoms with Gasteiger partial charge in [0, 0.05) is 0 Å². The van der Waals surface area contributed by atoms with Crippen LogP contribution >= 0.6 is 0 Å². The van der Waals surface area contributed by atoms with Gasteiger partial charge in [0.1, 0.15) is 0 Å². The van der Waals surface area contributed by atoms with E-state index in [2.05, 4.69) is 13.8 Å². The van der Waals surface area contributed by atoms with Crippen molar-refractivity contribution in [2.24, 2.45) is 23.2 Å². The largest absolute Gasteiger partial charge is 0.490 e. The van der Waals surface area contributed by atoms with Crippen LogP contribution in [0.5, 0.6) is 11.5 Å². The van der Waals surface area contributed by atoms with Crippen LogP contribution in [0.3, 0.4) is 0 Å². The van der Waals surface area contributed by atoms with Gasteiger partial charge in [-0.15, -0.1) is 0 Å². The van der Waals surface area contributed by atoms with E-state index in [0.717, 1.165) is 38.5 Å². The molecule has 0 aromatic heterocycles. The quantitative estimate of drug-likeness (QED) is 0.199. The highest BCUT2D eigenvalue weighted by atomic mass is 19.2. The number of carbonyl (C=O) groups excluding carboxylic acids is 1. The fourth-order valence-electron chi connectivity index (χ4n) is 6.36. The van der Waals surface area contributed by atoms with Gasteiger partial charge in [0.25, 0.3) is 0 Å². The third-order valence-corrected chi connectivity index (χ3v) is 8.34. The lowest BCUT2D eigenvalue weighted by atomic mass is 9.55. The summed E-state index contributed by atoms with van der Waals surface area (Å²) in [6, 6.07) is 2.64. The van der Waals surface area contributed by atoms with Gasteiger partial charge in [-0.25, -0.2) is 0 Å². The van der Waals surface area contributed by atoms with Crippen LogP contribution in [0.1, 0.15) is 104 Å². The van der Waals surface area contributed by atoms with E-state index in [1.807, 2.05) is 6.92 Å². The predicted molar refractivity (Wildman–Crippen MR) is 127 cm³/mol. The smallest absolute Gasteiger partial charge is 0.314 e. The normalized spacial score (nSPS) is 23.7. The molecule has 2 fully saturated rings. The van der Waals surface area contributed by atoms with Crippen LogP contribution in [0.2, 0.25) is 0 Å². The monoisotopic (exact) mass is 464 g/mol. The van der Waals surface area contributed by atoms with Gasteiger partial charge in [0.05, 0.1) is 12.5 Å². The Kier molecular flexibility index (Phi) is 9.57. The van der Waals surface area contributed by atoms with Crippen LogP contribution in [-0.2, 0) is 4.79 Å². The van der Waals surface area contributed by atoms with E-state index in [1.54, 1.807) is 0 Å². The fraction of sp³-hybridized carbons (Fsp3) is 0.750. The molecule has 0 amide bonds. The summed E-state index contributed by atoms with van der Waals surface area (Å²) in [6.07, 6.45) is 14.3. The minimum Gasteiger partial charge on any atom is -0.490 e. The molecule has 1 aromatic rings. The number of unbranched alkanes of at least 4 members (excludes halogenated alkanes) is 1. The Morgan fingerprint density at radius 1 is 1.00 bits per heavy atom. The van der Waals surface area contributed by atoms with Gasteiger partial charge in [-0.1, -0.05) is 59.3 Å². The highest BCUT2D eigenvalue weighted by Gasteiger charge is 2.45. The van der Waals surface area contributed by atoms with Crippen molar-refractivity contribution in [1.29, 1.82) is 0 Å². The Bertz CT molecular complexity index is 765. The standard InChI is InChI=1S/C28H42F2O3/c1-4-6-19-32-23-15-16-24(26(30)25(23)29)33-27(31)21-11-13-22(14-12-21)28(20(3)10-5-2)17-8-7-9-18-28/h15-16,20-22H,4-14,17-19H2,1-3H3. The van der Waals surface area contributed by atoms with Gasteiger partial charge in [0.15, 0.2) is 11.5 Å². The molecule has 2 saturated carbocycles. The summed E-state index contributed by atoms with van der Waals surface area (Å²) in [5.74, 6) is -2.05. The molecule has 186 valence electrons. The zero-order valence-electron chi connectivity index (χ0n) is 20.8. The van der Waals surface area contributed by atoms with Crippen molar-refractivity contribution in [1.82, 2.24) is 0 Å². The molecule has 1 atom stereocenters. The summed E-state index contributed by atoms with van der Waals surface area (Å²) in [6.45, 7) is 7.03. The topological polar surface area (TPSA) is 35.5 Å². The predicted octanol–water partition coefficient (Wildman–Crippen LogP) is 8.24. The molecule has 2 aliphatic rings. The van der Waals surface area contributed by atoms with Gasteiger partial charge < -0.3 is 9.47 Å². The second-order valence-electron chi connectivity index (χ2n) is 10.3. The Morgan fingerprint density at radius 3 is 2.27 bits per heavy atom. The van der Waals surface area contributed by atoms with E-state index in [9.17, 15) is 13.6 Å². The van der Waals surface area contributed by atoms with Crippen molar-refractivity contribution in [3.8, 4) is 11.5 Å². The first-order valence-electron chi connectivity index (χ1n) is 13.2. The fourth-order valence-corrected chi connectivity index (χ4v) is 6.36. The highest BCUT2D eigenvalue weighted by Crippen LogP contribution is 2.54. The summed E-state index contributed by atoms with van der Waals surface area (Å²) in [4.78, 5) is 12.8. The highest BCUT2D eigenvalue weighted by molar-refractivity contribution is 5.75. The van der Waals surface area contributed by atoms with Crippen LogP contribution in [0.25, 0.3) is 0 Å². The number of rotatable bonds is 10. The Morgan fingerprint density at radius 2 is 1.64 bits per heavy atom. The van der Waals surface area contributed by atoms with Gasteiger partial charge >= 0.3 is 5.97 Å². The first kappa shape index (κ1) is 26.0. The number of carbonyl (C=O) groups is 1. The van der Waals surface area contributed by atoms with Crippen LogP contribution < -0.4 is 9.47 Å². The number of esters is 1. The molecule has 0 aliphatic heterocycles. The molecular formula is C28H42F2O3. The second kappa shape index (κ2) is 12.2. The molecule has 1 unspecified atom stereocenters. The number of hydrogen-bond acceptors (Lipinski definition) is 3. The van der Waals surface area contributed by atoms with Crippen LogP contribution in [-0.4, -0.2) is 12.6 Å². The Labute approximate surface area is 198 Å². The van der Waals surface area contributed by atoms with Crippen LogP contribution in [0, 0.1) is 34.8 Å². The van der Waals surface area contributed by atoms with E-state index in [-0.39, 0.29) is 17.4 Å². The Balaban J connectivity index is 1.59. The molecule has 0 bridgehead atoms. The molecule has 0 spiro atoms. The van der Waals surface area contributed by atoms with Gasteiger partial charge in [-0.2, -0.15) is 8.78 Å². The molecule has 3 nitrogen and oxygen atoms in total. The zero-order chi connectivity index (χ0) is 23.8. The summed E-state index contributed by atoms with van der Waals surface area (Å²) < 4.78 is 39.4. The van der Waals surface area contributed by atoms with E-state index in [4.69, 9.17) is 9.47 Å². The van der Waals surface area contributed by atoms with Crippen LogP contribution in [0.4, 0.5) is 8.78 Å². The van der Waals surface area contributed by atoms with Crippen molar-refractivity contribution in [2.75, 3.05) is 6.61 Å². The van der Waals surface area contributed by atoms with Gasteiger partial charge in [-0.3, -0.25) is 4.79 Å². The van der Waals surface area contributed by atoms with Gasteiger partial charge in [0.2, 0.25) is 11.6 Å². The lowest BCUT2D eigenvalue weighted by molar-refractivity contribution is -0.141. The lowest BCUT2D eigenvalue weighted by Gasteiger charge is -2.50. The minimum atomic E-state index is -1.15. The maximum atomic E-state index is 14.5. The van der Waals surface area contributed by atoms with Crippen molar-refractivity contribution in [3.63, 3.8) is 0 Å². The minimum absolute atomic E-state index is 0.139. The second-order valence-corrected chi connectivity index (χ2v) is 10.3. The van der Waals surface area contributed by atoms with Crippen molar-refractivity contribution in [3.05, 3.63) is 23.8 Å². The molecule has 1 aromatic carbocycles. The maximum Gasteiger partial charge on any atom is 0.314 e. The molecule has 5 heteroatoms. The summed E-state index contributed by atoms with van der Waals surface area (Å²) in [5.41, 5.74) is 0.409. The molecule has 0 N–H and O–H groups in total. The summed E-state index contributed by atoms with van der Waals surface area (Å²) in [5, 5.41) is 0. The van der Waals surface area contributed by atoms with E-state index in [1.165, 1.54) is 57.1 Å². The lowest BCUT2D eigenvalue weighted by Crippen LogP contribution is -2.41.